The quantitative estimate of drug-likeness (QED) is 0.872. The molecule has 1 N–H and O–H groups in total. The SMILES string of the molecule is CCNC(c1cc(C)cc(Br)c1)C1CCC1. The molecule has 1 aromatic rings. The molecule has 1 fully saturated rings. The first-order valence-corrected chi connectivity index (χ1v) is 7.00. The molecule has 88 valence electrons. The summed E-state index contributed by atoms with van der Waals surface area (Å²) < 4.78 is 1.20. The molecule has 0 heterocycles. The first-order chi connectivity index (χ1) is 7.70. The average Bonchev–Trinajstić information content (AvgIpc) is 2.12. The summed E-state index contributed by atoms with van der Waals surface area (Å²) in [5, 5.41) is 3.63. The normalized spacial score (nSPS) is 18.2. The zero-order chi connectivity index (χ0) is 11.5. The smallest absolute Gasteiger partial charge is 0.0349 e. The average molecular weight is 282 g/mol. The van der Waals surface area contributed by atoms with E-state index in [-0.39, 0.29) is 0 Å². The summed E-state index contributed by atoms with van der Waals surface area (Å²) in [6.07, 6.45) is 4.16. The van der Waals surface area contributed by atoms with Crippen molar-refractivity contribution in [1.82, 2.24) is 5.32 Å². The van der Waals surface area contributed by atoms with Gasteiger partial charge in [0.05, 0.1) is 0 Å². The van der Waals surface area contributed by atoms with Crippen LogP contribution in [0.2, 0.25) is 0 Å². The van der Waals surface area contributed by atoms with Crippen LogP contribution in [-0.2, 0) is 0 Å². The van der Waals surface area contributed by atoms with Gasteiger partial charge in [-0.25, -0.2) is 0 Å². The minimum absolute atomic E-state index is 0.551. The van der Waals surface area contributed by atoms with E-state index in [2.05, 4.69) is 53.3 Å². The maximum absolute atomic E-state index is 3.63. The van der Waals surface area contributed by atoms with E-state index in [1.54, 1.807) is 0 Å². The molecule has 1 aliphatic carbocycles. The largest absolute Gasteiger partial charge is 0.310 e. The van der Waals surface area contributed by atoms with Crippen molar-refractivity contribution in [3.63, 3.8) is 0 Å². The Morgan fingerprint density at radius 1 is 1.38 bits per heavy atom. The van der Waals surface area contributed by atoms with E-state index in [0.29, 0.717) is 6.04 Å². The fourth-order valence-corrected chi connectivity index (χ4v) is 3.12. The molecule has 1 aliphatic rings. The van der Waals surface area contributed by atoms with E-state index in [9.17, 15) is 0 Å². The molecule has 0 saturated heterocycles. The fraction of sp³-hybridized carbons (Fsp3) is 0.571. The highest BCUT2D eigenvalue weighted by molar-refractivity contribution is 9.10. The summed E-state index contributed by atoms with van der Waals surface area (Å²) >= 11 is 3.59. The minimum Gasteiger partial charge on any atom is -0.310 e. The highest BCUT2D eigenvalue weighted by Gasteiger charge is 2.27. The van der Waals surface area contributed by atoms with Gasteiger partial charge in [0.15, 0.2) is 0 Å². The van der Waals surface area contributed by atoms with Gasteiger partial charge < -0.3 is 5.32 Å². The highest BCUT2D eigenvalue weighted by atomic mass is 79.9. The molecule has 0 aliphatic heterocycles. The summed E-state index contributed by atoms with van der Waals surface area (Å²) in [4.78, 5) is 0. The maximum Gasteiger partial charge on any atom is 0.0349 e. The lowest BCUT2D eigenvalue weighted by Crippen LogP contribution is -2.32. The van der Waals surface area contributed by atoms with Crippen molar-refractivity contribution < 1.29 is 0 Å². The van der Waals surface area contributed by atoms with E-state index in [1.807, 2.05) is 0 Å². The molecule has 0 bridgehead atoms. The molecule has 0 aromatic heterocycles. The lowest BCUT2D eigenvalue weighted by molar-refractivity contribution is 0.233. The molecular formula is C14H20BrN. The van der Waals surface area contributed by atoms with E-state index < -0.39 is 0 Å². The Balaban J connectivity index is 2.22. The van der Waals surface area contributed by atoms with Gasteiger partial charge in [-0.15, -0.1) is 0 Å². The second kappa shape index (κ2) is 5.33. The molecule has 16 heavy (non-hydrogen) atoms. The highest BCUT2D eigenvalue weighted by Crippen LogP contribution is 2.38. The number of hydrogen-bond acceptors (Lipinski definition) is 1. The third-order valence-electron chi connectivity index (χ3n) is 3.47. The van der Waals surface area contributed by atoms with Crippen LogP contribution in [0.15, 0.2) is 22.7 Å². The van der Waals surface area contributed by atoms with Gasteiger partial charge in [-0.2, -0.15) is 0 Å². The minimum atomic E-state index is 0.551. The molecule has 1 atom stereocenters. The van der Waals surface area contributed by atoms with Crippen molar-refractivity contribution in [3.05, 3.63) is 33.8 Å². The van der Waals surface area contributed by atoms with Crippen LogP contribution in [0.5, 0.6) is 0 Å². The first kappa shape index (κ1) is 12.1. The zero-order valence-corrected chi connectivity index (χ0v) is 11.7. The molecule has 1 unspecified atom stereocenters. The van der Waals surface area contributed by atoms with Gasteiger partial charge in [-0.05, 0) is 55.5 Å². The zero-order valence-electron chi connectivity index (χ0n) is 10.1. The van der Waals surface area contributed by atoms with Crippen molar-refractivity contribution in [1.29, 1.82) is 0 Å². The second-order valence-electron chi connectivity index (χ2n) is 4.79. The Kier molecular flexibility index (Phi) is 4.04. The van der Waals surface area contributed by atoms with Crippen LogP contribution in [0.4, 0.5) is 0 Å². The fourth-order valence-electron chi connectivity index (χ4n) is 2.49. The van der Waals surface area contributed by atoms with Crippen molar-refractivity contribution >= 4 is 15.9 Å². The van der Waals surface area contributed by atoms with Crippen LogP contribution in [0, 0.1) is 12.8 Å². The van der Waals surface area contributed by atoms with Crippen molar-refractivity contribution in [3.8, 4) is 0 Å². The van der Waals surface area contributed by atoms with E-state index in [1.165, 1.54) is 34.9 Å². The van der Waals surface area contributed by atoms with Gasteiger partial charge in [0.25, 0.3) is 0 Å². The van der Waals surface area contributed by atoms with Gasteiger partial charge in [0, 0.05) is 10.5 Å². The number of aryl methyl sites for hydroxylation is 1. The van der Waals surface area contributed by atoms with E-state index in [4.69, 9.17) is 0 Å². The van der Waals surface area contributed by atoms with Crippen molar-refractivity contribution in [2.45, 2.75) is 39.2 Å². The summed E-state index contributed by atoms with van der Waals surface area (Å²) in [7, 11) is 0. The number of benzene rings is 1. The molecule has 1 nitrogen and oxygen atoms in total. The number of hydrogen-bond donors (Lipinski definition) is 1. The number of halogens is 1. The summed E-state index contributed by atoms with van der Waals surface area (Å²) in [5.41, 5.74) is 2.78. The Morgan fingerprint density at radius 2 is 2.12 bits per heavy atom. The van der Waals surface area contributed by atoms with Crippen LogP contribution >= 0.6 is 15.9 Å². The molecule has 0 radical (unpaired) electrons. The van der Waals surface area contributed by atoms with Crippen LogP contribution in [0.3, 0.4) is 0 Å². The van der Waals surface area contributed by atoms with E-state index >= 15 is 0 Å². The summed E-state index contributed by atoms with van der Waals surface area (Å²) in [5.74, 6) is 0.841. The Labute approximate surface area is 107 Å². The predicted molar refractivity (Wildman–Crippen MR) is 72.6 cm³/mol. The molecule has 1 aromatic carbocycles. The summed E-state index contributed by atoms with van der Waals surface area (Å²) in [6.45, 7) is 5.40. The molecule has 0 spiro atoms. The summed E-state index contributed by atoms with van der Waals surface area (Å²) in [6, 6.07) is 7.30. The van der Waals surface area contributed by atoms with Gasteiger partial charge in [0.1, 0.15) is 0 Å². The number of rotatable bonds is 4. The van der Waals surface area contributed by atoms with Gasteiger partial charge in [0.2, 0.25) is 0 Å². The molecule has 0 amide bonds. The van der Waals surface area contributed by atoms with Gasteiger partial charge in [-0.3, -0.25) is 0 Å². The Bertz CT molecular complexity index is 338. The van der Waals surface area contributed by atoms with Crippen molar-refractivity contribution in [2.75, 3.05) is 6.54 Å². The molecule has 2 heteroatoms. The molecule has 2 rings (SSSR count). The van der Waals surface area contributed by atoms with Crippen LogP contribution in [0.25, 0.3) is 0 Å². The lowest BCUT2D eigenvalue weighted by atomic mass is 9.77. The maximum atomic E-state index is 3.63. The van der Waals surface area contributed by atoms with E-state index in [0.717, 1.165) is 12.5 Å². The van der Waals surface area contributed by atoms with Crippen LogP contribution in [-0.4, -0.2) is 6.54 Å². The third-order valence-corrected chi connectivity index (χ3v) is 3.93. The Hall–Kier alpha value is -0.340. The Morgan fingerprint density at radius 3 is 2.62 bits per heavy atom. The monoisotopic (exact) mass is 281 g/mol. The van der Waals surface area contributed by atoms with Crippen molar-refractivity contribution in [2.24, 2.45) is 5.92 Å². The predicted octanol–water partition coefficient (Wildman–Crippen LogP) is 4.21. The third kappa shape index (κ3) is 2.67. The first-order valence-electron chi connectivity index (χ1n) is 6.21. The van der Waals surface area contributed by atoms with Crippen LogP contribution < -0.4 is 5.32 Å². The number of nitrogens with one attached hydrogen (secondary N) is 1. The van der Waals surface area contributed by atoms with Gasteiger partial charge >= 0.3 is 0 Å². The van der Waals surface area contributed by atoms with Gasteiger partial charge in [-0.1, -0.05) is 35.3 Å². The van der Waals surface area contributed by atoms with Crippen LogP contribution in [0.1, 0.15) is 43.4 Å². The molecule has 1 saturated carbocycles. The topological polar surface area (TPSA) is 12.0 Å². The standard InChI is InChI=1S/C14H20BrN/c1-3-16-14(11-5-4-6-11)12-7-10(2)8-13(15)9-12/h7-9,11,14,16H,3-6H2,1-2H3. The lowest BCUT2D eigenvalue weighted by Gasteiger charge is -2.35. The second-order valence-corrected chi connectivity index (χ2v) is 5.70. The molecular weight excluding hydrogens is 262 g/mol.